The number of nitrogens with one attached hydrogen (secondary N) is 1. The van der Waals surface area contributed by atoms with E-state index >= 15 is 0 Å². The summed E-state index contributed by atoms with van der Waals surface area (Å²) in [5, 5.41) is 6.21. The predicted octanol–water partition coefficient (Wildman–Crippen LogP) is 5.50. The van der Waals surface area contributed by atoms with Crippen molar-refractivity contribution in [3.05, 3.63) is 71.9 Å². The SMILES string of the molecule is CCOc1cc(-c2ncc3[nH]c4ccc(OCc5ccccc5)cc4c3c2COC)no1. The Balaban J connectivity index is 1.59. The fraction of sp³-hybridized carbons (Fsp3) is 0.200. The molecule has 0 aliphatic rings. The molecule has 3 aromatic heterocycles. The van der Waals surface area contributed by atoms with Crippen molar-refractivity contribution in [1.82, 2.24) is 15.1 Å². The lowest BCUT2D eigenvalue weighted by atomic mass is 10.0. The molecule has 0 unspecified atom stereocenters. The van der Waals surface area contributed by atoms with Crippen LogP contribution in [0.25, 0.3) is 33.2 Å². The van der Waals surface area contributed by atoms with Gasteiger partial charge in [0.15, 0.2) is 0 Å². The first kappa shape index (κ1) is 20.1. The summed E-state index contributed by atoms with van der Waals surface area (Å²) in [5.41, 5.74) is 5.27. The average molecular weight is 429 g/mol. The third-order valence-corrected chi connectivity index (χ3v) is 5.26. The Morgan fingerprint density at radius 3 is 2.66 bits per heavy atom. The van der Waals surface area contributed by atoms with Crippen LogP contribution in [0.1, 0.15) is 18.1 Å². The highest BCUT2D eigenvalue weighted by atomic mass is 16.6. The van der Waals surface area contributed by atoms with Crippen molar-refractivity contribution in [2.45, 2.75) is 20.1 Å². The van der Waals surface area contributed by atoms with Crippen molar-refractivity contribution in [2.75, 3.05) is 13.7 Å². The maximum atomic E-state index is 6.06. The summed E-state index contributed by atoms with van der Waals surface area (Å²) >= 11 is 0. The number of H-pyrrole nitrogens is 1. The number of hydrogen-bond donors (Lipinski definition) is 1. The monoisotopic (exact) mass is 429 g/mol. The number of hydrogen-bond acceptors (Lipinski definition) is 6. The standard InChI is InChI=1S/C25H23N3O4/c1-3-30-23-12-21(28-32-23)25-19(15-29-2)24-18-11-17(31-14-16-7-5-4-6-8-16)9-10-20(18)27-22(24)13-26-25/h4-13,27H,3,14-15H2,1-2H3. The van der Waals surface area contributed by atoms with Gasteiger partial charge in [0.05, 0.1) is 36.7 Å². The molecule has 0 amide bonds. The van der Waals surface area contributed by atoms with Crippen LogP contribution in [0.3, 0.4) is 0 Å². The van der Waals surface area contributed by atoms with E-state index in [1.807, 2.05) is 55.6 Å². The molecule has 7 heteroatoms. The van der Waals surface area contributed by atoms with E-state index in [0.29, 0.717) is 37.2 Å². The smallest absolute Gasteiger partial charge is 0.311 e. The lowest BCUT2D eigenvalue weighted by molar-refractivity contribution is 0.186. The van der Waals surface area contributed by atoms with Crippen LogP contribution in [0.15, 0.2) is 65.3 Å². The zero-order valence-corrected chi connectivity index (χ0v) is 17.9. The molecule has 32 heavy (non-hydrogen) atoms. The number of benzene rings is 2. The summed E-state index contributed by atoms with van der Waals surface area (Å²) in [6.45, 7) is 3.27. The molecule has 0 radical (unpaired) electrons. The number of nitrogens with zero attached hydrogens (tertiary/aromatic N) is 2. The second-order valence-corrected chi connectivity index (χ2v) is 7.38. The molecule has 0 aliphatic carbocycles. The van der Waals surface area contributed by atoms with E-state index in [4.69, 9.17) is 18.7 Å². The number of fused-ring (bicyclic) bond motifs is 3. The van der Waals surface area contributed by atoms with E-state index in [-0.39, 0.29) is 0 Å². The van der Waals surface area contributed by atoms with Crippen molar-refractivity contribution in [2.24, 2.45) is 0 Å². The fourth-order valence-electron chi connectivity index (χ4n) is 3.86. The largest absolute Gasteiger partial charge is 0.489 e. The first-order valence-corrected chi connectivity index (χ1v) is 10.5. The number of aromatic nitrogens is 3. The second kappa shape index (κ2) is 8.72. The fourth-order valence-corrected chi connectivity index (χ4v) is 3.86. The van der Waals surface area contributed by atoms with Crippen LogP contribution in [-0.4, -0.2) is 28.8 Å². The summed E-state index contributed by atoms with van der Waals surface area (Å²) in [5.74, 6) is 1.16. The molecule has 1 N–H and O–H groups in total. The molecule has 0 aliphatic heterocycles. The molecule has 0 saturated heterocycles. The van der Waals surface area contributed by atoms with Crippen LogP contribution in [0.2, 0.25) is 0 Å². The number of methoxy groups -OCH3 is 1. The topological polar surface area (TPSA) is 82.4 Å². The molecule has 5 rings (SSSR count). The Bertz CT molecular complexity index is 1360. The highest BCUT2D eigenvalue weighted by Crippen LogP contribution is 2.36. The van der Waals surface area contributed by atoms with Gasteiger partial charge in [-0.1, -0.05) is 35.5 Å². The van der Waals surface area contributed by atoms with E-state index < -0.39 is 0 Å². The summed E-state index contributed by atoms with van der Waals surface area (Å²) in [6.07, 6.45) is 1.81. The quantitative estimate of drug-likeness (QED) is 0.351. The maximum Gasteiger partial charge on any atom is 0.311 e. The number of rotatable bonds is 8. The molecule has 162 valence electrons. The van der Waals surface area contributed by atoms with Crippen LogP contribution in [-0.2, 0) is 18.0 Å². The third-order valence-electron chi connectivity index (χ3n) is 5.26. The minimum Gasteiger partial charge on any atom is -0.489 e. The van der Waals surface area contributed by atoms with Crippen molar-refractivity contribution in [3.63, 3.8) is 0 Å². The van der Waals surface area contributed by atoms with Gasteiger partial charge in [-0.05, 0) is 30.7 Å². The third kappa shape index (κ3) is 3.78. The first-order chi connectivity index (χ1) is 15.8. The van der Waals surface area contributed by atoms with Gasteiger partial charge < -0.3 is 23.7 Å². The van der Waals surface area contributed by atoms with Gasteiger partial charge >= 0.3 is 5.95 Å². The number of aromatic amines is 1. The summed E-state index contributed by atoms with van der Waals surface area (Å²) in [4.78, 5) is 8.08. The van der Waals surface area contributed by atoms with E-state index in [2.05, 4.69) is 21.2 Å². The molecule has 5 aromatic rings. The molecule has 0 bridgehead atoms. The molecule has 0 spiro atoms. The molecule has 0 atom stereocenters. The lowest BCUT2D eigenvalue weighted by Gasteiger charge is -2.09. The highest BCUT2D eigenvalue weighted by Gasteiger charge is 2.19. The zero-order chi connectivity index (χ0) is 21.9. The van der Waals surface area contributed by atoms with Crippen LogP contribution in [0, 0.1) is 0 Å². The Hall–Kier alpha value is -3.84. The van der Waals surface area contributed by atoms with Crippen molar-refractivity contribution < 1.29 is 18.7 Å². The highest BCUT2D eigenvalue weighted by molar-refractivity contribution is 6.10. The summed E-state index contributed by atoms with van der Waals surface area (Å²) < 4.78 is 22.3. The predicted molar refractivity (Wildman–Crippen MR) is 122 cm³/mol. The minimum absolute atomic E-state index is 0.364. The summed E-state index contributed by atoms with van der Waals surface area (Å²) in [6, 6.07) is 17.9. The Labute approximate surface area is 184 Å². The zero-order valence-electron chi connectivity index (χ0n) is 17.9. The van der Waals surface area contributed by atoms with E-state index in [1.54, 1.807) is 13.2 Å². The molecular weight excluding hydrogens is 406 g/mol. The van der Waals surface area contributed by atoms with Crippen LogP contribution >= 0.6 is 0 Å². The van der Waals surface area contributed by atoms with Crippen LogP contribution < -0.4 is 9.47 Å². The minimum atomic E-state index is 0.364. The lowest BCUT2D eigenvalue weighted by Crippen LogP contribution is -1.97. The van der Waals surface area contributed by atoms with Gasteiger partial charge in [-0.25, -0.2) is 0 Å². The van der Waals surface area contributed by atoms with Crippen LogP contribution in [0.5, 0.6) is 11.7 Å². The van der Waals surface area contributed by atoms with Gasteiger partial charge in [0.25, 0.3) is 0 Å². The normalized spacial score (nSPS) is 11.3. The second-order valence-electron chi connectivity index (χ2n) is 7.38. The van der Waals surface area contributed by atoms with Crippen LogP contribution in [0.4, 0.5) is 0 Å². The number of ether oxygens (including phenoxy) is 3. The average Bonchev–Trinajstić information content (AvgIpc) is 3.43. The van der Waals surface area contributed by atoms with Gasteiger partial charge in [-0.3, -0.25) is 4.98 Å². The van der Waals surface area contributed by atoms with Gasteiger partial charge in [-0.2, -0.15) is 0 Å². The van der Waals surface area contributed by atoms with Gasteiger partial charge in [0.2, 0.25) is 0 Å². The molecule has 7 nitrogen and oxygen atoms in total. The molecular formula is C25H23N3O4. The Morgan fingerprint density at radius 1 is 0.969 bits per heavy atom. The molecule has 2 aromatic carbocycles. The summed E-state index contributed by atoms with van der Waals surface area (Å²) in [7, 11) is 1.67. The Kier molecular flexibility index (Phi) is 5.47. The molecule has 0 fully saturated rings. The number of pyridine rings is 1. The van der Waals surface area contributed by atoms with Crippen molar-refractivity contribution >= 4 is 21.8 Å². The van der Waals surface area contributed by atoms with Gasteiger partial charge in [0.1, 0.15) is 18.1 Å². The van der Waals surface area contributed by atoms with Gasteiger partial charge in [0, 0.05) is 29.0 Å². The van der Waals surface area contributed by atoms with Crippen molar-refractivity contribution in [3.8, 4) is 23.1 Å². The molecule has 3 heterocycles. The van der Waals surface area contributed by atoms with Crippen molar-refractivity contribution in [1.29, 1.82) is 0 Å². The molecule has 0 saturated carbocycles. The van der Waals surface area contributed by atoms with E-state index in [0.717, 1.165) is 38.7 Å². The maximum absolute atomic E-state index is 6.06. The van der Waals surface area contributed by atoms with E-state index in [1.165, 1.54) is 0 Å². The first-order valence-electron chi connectivity index (χ1n) is 10.5. The van der Waals surface area contributed by atoms with Gasteiger partial charge in [-0.15, -0.1) is 0 Å². The van der Waals surface area contributed by atoms with E-state index in [9.17, 15) is 0 Å². The Morgan fingerprint density at radius 2 is 1.84 bits per heavy atom.